The Morgan fingerprint density at radius 2 is 1.67 bits per heavy atom. The predicted octanol–water partition coefficient (Wildman–Crippen LogP) is 2.02. The fraction of sp³-hybridized carbons (Fsp3) is 0.278. The maximum atomic E-state index is 11.9. The van der Waals surface area contributed by atoms with Crippen molar-refractivity contribution >= 4 is 5.91 Å². The zero-order valence-electron chi connectivity index (χ0n) is 13.7. The van der Waals surface area contributed by atoms with Gasteiger partial charge in [0.15, 0.2) is 23.0 Å². The molecule has 0 aliphatic heterocycles. The number of rotatable bonds is 7. The van der Waals surface area contributed by atoms with E-state index in [0.717, 1.165) is 5.56 Å². The quantitative estimate of drug-likeness (QED) is 0.676. The Hall–Kier alpha value is -2.89. The van der Waals surface area contributed by atoms with Crippen molar-refractivity contribution in [2.24, 2.45) is 0 Å². The number of carbonyl (C=O) groups excluding carboxylic acids is 1. The van der Waals surface area contributed by atoms with E-state index < -0.39 is 0 Å². The molecule has 128 valence electrons. The van der Waals surface area contributed by atoms with Crippen molar-refractivity contribution in [3.8, 4) is 23.0 Å². The summed E-state index contributed by atoms with van der Waals surface area (Å²) in [6.45, 7) is 0.485. The van der Waals surface area contributed by atoms with E-state index >= 15 is 0 Å². The number of amides is 1. The van der Waals surface area contributed by atoms with Crippen LogP contribution in [0.4, 0.5) is 0 Å². The topological polar surface area (TPSA) is 88.0 Å². The Balaban J connectivity index is 1.85. The van der Waals surface area contributed by atoms with E-state index in [1.165, 1.54) is 12.1 Å². The first-order valence-electron chi connectivity index (χ1n) is 7.52. The molecule has 1 amide bonds. The lowest BCUT2D eigenvalue weighted by molar-refractivity contribution is -0.120. The largest absolute Gasteiger partial charge is 0.504 e. The molecule has 2 rings (SSSR count). The average molecular weight is 331 g/mol. The number of carbonyl (C=O) groups is 1. The second kappa shape index (κ2) is 8.10. The number of phenols is 2. The number of benzene rings is 2. The van der Waals surface area contributed by atoms with Crippen LogP contribution in [0.15, 0.2) is 36.4 Å². The molecule has 0 heterocycles. The third-order valence-corrected chi connectivity index (χ3v) is 3.59. The molecule has 0 aromatic heterocycles. The lowest BCUT2D eigenvalue weighted by Gasteiger charge is -2.10. The summed E-state index contributed by atoms with van der Waals surface area (Å²) in [4.78, 5) is 11.9. The molecule has 2 aromatic rings. The van der Waals surface area contributed by atoms with Gasteiger partial charge in [0, 0.05) is 6.54 Å². The molecule has 0 saturated carbocycles. The Labute approximate surface area is 140 Å². The van der Waals surface area contributed by atoms with Gasteiger partial charge >= 0.3 is 0 Å². The van der Waals surface area contributed by atoms with Crippen LogP contribution in [-0.2, 0) is 17.6 Å². The summed E-state index contributed by atoms with van der Waals surface area (Å²) < 4.78 is 10.4. The van der Waals surface area contributed by atoms with Crippen LogP contribution in [-0.4, -0.2) is 36.9 Å². The van der Waals surface area contributed by atoms with Crippen molar-refractivity contribution in [1.29, 1.82) is 0 Å². The summed E-state index contributed by atoms with van der Waals surface area (Å²) >= 11 is 0. The summed E-state index contributed by atoms with van der Waals surface area (Å²) in [5, 5.41) is 21.5. The van der Waals surface area contributed by atoms with Crippen molar-refractivity contribution in [2.45, 2.75) is 12.8 Å². The van der Waals surface area contributed by atoms with E-state index in [0.29, 0.717) is 30.0 Å². The molecule has 0 atom stereocenters. The number of nitrogens with one attached hydrogen (secondary N) is 1. The normalized spacial score (nSPS) is 10.2. The summed E-state index contributed by atoms with van der Waals surface area (Å²) in [5.74, 6) is 0.733. The highest BCUT2D eigenvalue weighted by Gasteiger charge is 2.07. The molecule has 0 saturated heterocycles. The third-order valence-electron chi connectivity index (χ3n) is 3.59. The van der Waals surface area contributed by atoms with Gasteiger partial charge in [0.05, 0.1) is 20.6 Å². The minimum absolute atomic E-state index is 0.139. The number of aromatic hydroxyl groups is 2. The van der Waals surface area contributed by atoms with Crippen LogP contribution in [0.5, 0.6) is 23.0 Å². The Morgan fingerprint density at radius 1 is 0.958 bits per heavy atom. The Kier molecular flexibility index (Phi) is 5.89. The van der Waals surface area contributed by atoms with Crippen LogP contribution < -0.4 is 14.8 Å². The van der Waals surface area contributed by atoms with Crippen LogP contribution in [0, 0.1) is 0 Å². The molecule has 0 spiro atoms. The van der Waals surface area contributed by atoms with Gasteiger partial charge in [-0.15, -0.1) is 0 Å². The predicted molar refractivity (Wildman–Crippen MR) is 89.7 cm³/mol. The van der Waals surface area contributed by atoms with Crippen LogP contribution in [0.25, 0.3) is 0 Å². The van der Waals surface area contributed by atoms with Crippen molar-refractivity contribution in [1.82, 2.24) is 5.32 Å². The second-order valence-electron chi connectivity index (χ2n) is 5.29. The zero-order chi connectivity index (χ0) is 17.5. The zero-order valence-corrected chi connectivity index (χ0v) is 13.7. The van der Waals surface area contributed by atoms with Gasteiger partial charge in [-0.2, -0.15) is 0 Å². The maximum absolute atomic E-state index is 11.9. The second-order valence-corrected chi connectivity index (χ2v) is 5.29. The van der Waals surface area contributed by atoms with Crippen LogP contribution in [0.2, 0.25) is 0 Å². The summed E-state index contributed by atoms with van der Waals surface area (Å²) in [6.07, 6.45) is 0.798. The molecule has 0 aliphatic carbocycles. The van der Waals surface area contributed by atoms with Gasteiger partial charge in [-0.1, -0.05) is 12.1 Å². The number of ether oxygens (including phenoxy) is 2. The van der Waals surface area contributed by atoms with Crippen molar-refractivity contribution in [2.75, 3.05) is 20.8 Å². The van der Waals surface area contributed by atoms with Gasteiger partial charge in [0.25, 0.3) is 0 Å². The lowest BCUT2D eigenvalue weighted by atomic mass is 10.1. The van der Waals surface area contributed by atoms with Gasteiger partial charge in [-0.05, 0) is 41.8 Å². The number of phenolic OH excluding ortho intramolecular Hbond substituents is 2. The number of hydrogen-bond donors (Lipinski definition) is 3. The van der Waals surface area contributed by atoms with Crippen LogP contribution in [0.1, 0.15) is 11.1 Å². The van der Waals surface area contributed by atoms with Crippen molar-refractivity contribution in [3.05, 3.63) is 47.5 Å². The molecule has 2 aromatic carbocycles. The standard InChI is InChI=1S/C18H21NO5/c1-23-16-6-4-12(10-17(16)24-2)7-8-19-18(22)11-13-3-5-14(20)15(21)9-13/h3-6,9-10,20-21H,7-8,11H2,1-2H3,(H,19,22). The molecule has 24 heavy (non-hydrogen) atoms. The lowest BCUT2D eigenvalue weighted by Crippen LogP contribution is -2.27. The van der Waals surface area contributed by atoms with Gasteiger partial charge in [-0.3, -0.25) is 4.79 Å². The molecule has 0 radical (unpaired) electrons. The smallest absolute Gasteiger partial charge is 0.224 e. The fourth-order valence-electron chi connectivity index (χ4n) is 2.31. The van der Waals surface area contributed by atoms with Crippen molar-refractivity contribution in [3.63, 3.8) is 0 Å². The first-order chi connectivity index (χ1) is 11.5. The highest BCUT2D eigenvalue weighted by atomic mass is 16.5. The first-order valence-corrected chi connectivity index (χ1v) is 7.52. The monoisotopic (exact) mass is 331 g/mol. The van der Waals surface area contributed by atoms with E-state index in [9.17, 15) is 15.0 Å². The molecule has 6 heteroatoms. The molecule has 0 bridgehead atoms. The van der Waals surface area contributed by atoms with E-state index in [-0.39, 0.29) is 23.8 Å². The Morgan fingerprint density at radius 3 is 2.33 bits per heavy atom. The van der Waals surface area contributed by atoms with Crippen LogP contribution in [0.3, 0.4) is 0 Å². The fourth-order valence-corrected chi connectivity index (χ4v) is 2.31. The minimum Gasteiger partial charge on any atom is -0.504 e. The summed E-state index contributed by atoms with van der Waals surface area (Å²) in [5.41, 5.74) is 1.66. The molecule has 0 aliphatic rings. The number of methoxy groups -OCH3 is 2. The molecular formula is C18H21NO5. The highest BCUT2D eigenvalue weighted by Crippen LogP contribution is 2.27. The number of hydrogen-bond acceptors (Lipinski definition) is 5. The van der Waals surface area contributed by atoms with Crippen LogP contribution >= 0.6 is 0 Å². The molecule has 3 N–H and O–H groups in total. The van der Waals surface area contributed by atoms with E-state index in [1.807, 2.05) is 18.2 Å². The van der Waals surface area contributed by atoms with E-state index in [1.54, 1.807) is 20.3 Å². The Bertz CT molecular complexity index is 715. The van der Waals surface area contributed by atoms with Crippen molar-refractivity contribution < 1.29 is 24.5 Å². The molecule has 6 nitrogen and oxygen atoms in total. The summed E-state index contributed by atoms with van der Waals surface area (Å²) in [7, 11) is 3.16. The molecular weight excluding hydrogens is 310 g/mol. The van der Waals surface area contributed by atoms with Gasteiger partial charge in [-0.25, -0.2) is 0 Å². The van der Waals surface area contributed by atoms with Gasteiger partial charge in [0.2, 0.25) is 5.91 Å². The van der Waals surface area contributed by atoms with Gasteiger partial charge < -0.3 is 25.0 Å². The first kappa shape index (κ1) is 17.5. The third kappa shape index (κ3) is 4.55. The maximum Gasteiger partial charge on any atom is 0.224 e. The van der Waals surface area contributed by atoms with Gasteiger partial charge in [0.1, 0.15) is 0 Å². The van der Waals surface area contributed by atoms with E-state index in [4.69, 9.17) is 9.47 Å². The minimum atomic E-state index is -0.231. The highest BCUT2D eigenvalue weighted by molar-refractivity contribution is 5.78. The molecule has 0 fully saturated rings. The average Bonchev–Trinajstić information content (AvgIpc) is 2.58. The summed E-state index contributed by atoms with van der Waals surface area (Å²) in [6, 6.07) is 9.97. The molecule has 0 unspecified atom stereocenters. The SMILES string of the molecule is COc1ccc(CCNC(=O)Cc2ccc(O)c(O)c2)cc1OC. The van der Waals surface area contributed by atoms with E-state index in [2.05, 4.69) is 5.32 Å².